The highest BCUT2D eigenvalue weighted by atomic mass is 16.5. The zero-order valence-electron chi connectivity index (χ0n) is 28.6. The molecule has 0 amide bonds. The first-order valence-electron chi connectivity index (χ1n) is 17.3. The van der Waals surface area contributed by atoms with Crippen LogP contribution in [0.25, 0.3) is 9.69 Å². The van der Waals surface area contributed by atoms with Gasteiger partial charge in [-0.3, -0.25) is 0 Å². The van der Waals surface area contributed by atoms with Crippen LogP contribution in [0.1, 0.15) is 127 Å². The normalized spacial score (nSPS) is 26.4. The molecule has 4 fully saturated rings. The fraction of sp³-hybridized carbons (Fsp3) is 0.895. The lowest BCUT2D eigenvalue weighted by atomic mass is 10.1. The van der Waals surface area contributed by atoms with E-state index in [0.717, 1.165) is 77.5 Å². The van der Waals surface area contributed by atoms with Crippen LogP contribution >= 0.6 is 0 Å². The van der Waals surface area contributed by atoms with Crippen LogP contribution in [0.5, 0.6) is 0 Å². The van der Waals surface area contributed by atoms with E-state index in [2.05, 4.69) is 21.8 Å². The molecule has 0 aromatic carbocycles. The molecule has 13 nitrogen and oxygen atoms in total. The van der Waals surface area contributed by atoms with Crippen LogP contribution in [-0.4, -0.2) is 99.8 Å². The number of nitriles is 2. The zero-order chi connectivity index (χ0) is 35.1. The molecule has 0 aromatic heterocycles. The standard InChI is InChI=1S/2C8H10N2O.2C8H18N2O.C2H6O.4CH4/c2*1-10-6-8-3-2-7(11-8)4-5-9;2*9-5-3-7-1-2-8(11-7)4-6-10;1-2-3;;;;/h2*7-8H,2-4,6H2;2*7-8H,1-6,9-10H2;3H,2H2,1H3;4*1H4/t7-,8+;7-,8-;7-,8+;7-,8-;;;;;/m10.0...../s1. The molecule has 4 aliphatic heterocycles. The Hall–Kier alpha value is -2.40. The molecule has 0 aliphatic carbocycles. The molecular formula is C38H78N8O5. The number of ether oxygens (including phenoxy) is 4. The van der Waals surface area contributed by atoms with E-state index in [9.17, 15) is 0 Å². The summed E-state index contributed by atoms with van der Waals surface area (Å²) in [6.07, 6.45) is 15.4. The van der Waals surface area contributed by atoms with Gasteiger partial charge in [0.25, 0.3) is 0 Å². The minimum absolute atomic E-state index is 0. The van der Waals surface area contributed by atoms with Crippen molar-refractivity contribution >= 4 is 0 Å². The molecule has 4 heterocycles. The van der Waals surface area contributed by atoms with Crippen molar-refractivity contribution in [3.05, 3.63) is 22.8 Å². The minimum Gasteiger partial charge on any atom is -0.397 e. The first-order valence-corrected chi connectivity index (χ1v) is 17.3. The Morgan fingerprint density at radius 3 is 0.961 bits per heavy atom. The molecule has 300 valence electrons. The van der Waals surface area contributed by atoms with E-state index in [1.165, 1.54) is 25.7 Å². The molecule has 0 bridgehead atoms. The third kappa shape index (κ3) is 29.8. The lowest BCUT2D eigenvalue weighted by Crippen LogP contribution is -2.17. The van der Waals surface area contributed by atoms with Gasteiger partial charge in [-0.05, 0) is 110 Å². The number of aliphatic hydroxyl groups excluding tert-OH is 1. The van der Waals surface area contributed by atoms with Crippen molar-refractivity contribution in [2.24, 2.45) is 22.9 Å². The highest BCUT2D eigenvalue weighted by Gasteiger charge is 2.28. The van der Waals surface area contributed by atoms with E-state index in [1.54, 1.807) is 6.92 Å². The lowest BCUT2D eigenvalue weighted by molar-refractivity contribution is 0.0387. The Morgan fingerprint density at radius 2 is 0.745 bits per heavy atom. The van der Waals surface area contributed by atoms with Crippen LogP contribution in [-0.2, 0) is 18.9 Å². The number of hydrogen-bond donors (Lipinski definition) is 5. The van der Waals surface area contributed by atoms with Gasteiger partial charge in [0.1, 0.15) is 12.2 Å². The minimum atomic E-state index is 0. The van der Waals surface area contributed by atoms with Gasteiger partial charge in [-0.2, -0.15) is 10.5 Å². The highest BCUT2D eigenvalue weighted by Crippen LogP contribution is 2.25. The summed E-state index contributed by atoms with van der Waals surface area (Å²) < 4.78 is 22.2. The second-order valence-corrected chi connectivity index (χ2v) is 11.9. The lowest BCUT2D eigenvalue weighted by Gasteiger charge is -2.11. The van der Waals surface area contributed by atoms with Crippen LogP contribution in [0.3, 0.4) is 0 Å². The molecule has 0 aromatic rings. The quantitative estimate of drug-likeness (QED) is 0.153. The van der Waals surface area contributed by atoms with Crippen molar-refractivity contribution in [1.82, 2.24) is 0 Å². The number of nitrogens with zero attached hydrogens (tertiary/aromatic N) is 4. The molecule has 0 spiro atoms. The number of nitrogens with two attached hydrogens (primary N) is 4. The van der Waals surface area contributed by atoms with Crippen molar-refractivity contribution in [3.8, 4) is 12.1 Å². The molecular weight excluding hydrogens is 648 g/mol. The number of rotatable bonds is 12. The molecule has 51 heavy (non-hydrogen) atoms. The van der Waals surface area contributed by atoms with E-state index >= 15 is 0 Å². The first-order chi connectivity index (χ1) is 22.9. The van der Waals surface area contributed by atoms with Gasteiger partial charge in [0, 0.05) is 6.61 Å². The Morgan fingerprint density at radius 1 is 0.529 bits per heavy atom. The predicted octanol–water partition coefficient (Wildman–Crippen LogP) is 5.74. The summed E-state index contributed by atoms with van der Waals surface area (Å²) >= 11 is 0. The molecule has 4 rings (SSSR count). The molecule has 0 saturated carbocycles. The average molecular weight is 727 g/mol. The Balaban J connectivity index is -0.000000175. The Bertz CT molecular complexity index is 780. The molecule has 13 heteroatoms. The summed E-state index contributed by atoms with van der Waals surface area (Å²) in [5, 5.41) is 24.3. The van der Waals surface area contributed by atoms with Crippen molar-refractivity contribution in [3.63, 3.8) is 0 Å². The highest BCUT2D eigenvalue weighted by molar-refractivity contribution is 4.86. The molecule has 0 unspecified atom stereocenters. The SMILES string of the molecule is C.C.C.C.CCO.NCC[C@@H]1CC[C@@H](CCN)O1.NCC[C@@H]1CC[C@H](CCN)O1.[C-]#[N+]C[C@@H]1CC[C@@H](CC#N)O1.[C-]#[N+]C[C@@H]1CC[C@H](CC#N)O1. The maximum Gasteiger partial charge on any atom is 0.240 e. The number of aliphatic hydroxyl groups is 1. The third-order valence-electron chi connectivity index (χ3n) is 7.96. The Kier molecular flexibility index (Phi) is 45.9. The van der Waals surface area contributed by atoms with Crippen LogP contribution in [0, 0.1) is 35.8 Å². The maximum atomic E-state index is 8.35. The van der Waals surface area contributed by atoms with Gasteiger partial charge >= 0.3 is 0 Å². The van der Waals surface area contributed by atoms with Gasteiger partial charge in [-0.1, -0.05) is 29.7 Å². The van der Waals surface area contributed by atoms with Gasteiger partial charge in [0.15, 0.2) is 0 Å². The molecule has 9 N–H and O–H groups in total. The molecule has 4 saturated heterocycles. The maximum absolute atomic E-state index is 8.35. The Labute approximate surface area is 313 Å². The third-order valence-corrected chi connectivity index (χ3v) is 7.96. The van der Waals surface area contributed by atoms with E-state index < -0.39 is 0 Å². The second kappa shape index (κ2) is 40.4. The van der Waals surface area contributed by atoms with Gasteiger partial charge in [-0.15, -0.1) is 0 Å². The first kappa shape index (κ1) is 57.9. The van der Waals surface area contributed by atoms with Crippen molar-refractivity contribution in [1.29, 1.82) is 10.5 Å². The van der Waals surface area contributed by atoms with E-state index in [0.29, 0.717) is 50.3 Å². The van der Waals surface area contributed by atoms with Crippen LogP contribution in [0.4, 0.5) is 0 Å². The fourth-order valence-corrected chi connectivity index (χ4v) is 5.69. The monoisotopic (exact) mass is 727 g/mol. The number of hydrogen-bond acceptors (Lipinski definition) is 11. The van der Waals surface area contributed by atoms with Gasteiger partial charge in [0.2, 0.25) is 13.1 Å². The van der Waals surface area contributed by atoms with Crippen LogP contribution in [0.15, 0.2) is 0 Å². The van der Waals surface area contributed by atoms with Crippen molar-refractivity contribution in [2.45, 2.75) is 175 Å². The summed E-state index contributed by atoms with van der Waals surface area (Å²) in [4.78, 5) is 6.51. The molecule has 4 aliphatic rings. The van der Waals surface area contributed by atoms with Gasteiger partial charge in [0.05, 0.1) is 61.6 Å². The van der Waals surface area contributed by atoms with E-state index in [1.807, 2.05) is 0 Å². The van der Waals surface area contributed by atoms with E-state index in [-0.39, 0.29) is 60.7 Å². The van der Waals surface area contributed by atoms with Gasteiger partial charge < -0.3 is 56.7 Å². The molecule has 8 atom stereocenters. The topological polar surface area (TPSA) is 218 Å². The smallest absolute Gasteiger partial charge is 0.240 e. The predicted molar refractivity (Wildman–Crippen MR) is 209 cm³/mol. The summed E-state index contributed by atoms with van der Waals surface area (Å²) in [6.45, 7) is 19.0. The van der Waals surface area contributed by atoms with Crippen LogP contribution in [0.2, 0.25) is 0 Å². The van der Waals surface area contributed by atoms with Crippen molar-refractivity contribution < 1.29 is 24.1 Å². The summed E-state index contributed by atoms with van der Waals surface area (Å²) in [5.74, 6) is 0. The van der Waals surface area contributed by atoms with Crippen molar-refractivity contribution in [2.75, 3.05) is 45.9 Å². The second-order valence-electron chi connectivity index (χ2n) is 11.9. The summed E-state index contributed by atoms with van der Waals surface area (Å²) in [6, 6.07) is 4.14. The average Bonchev–Trinajstić information content (AvgIpc) is 3.87. The van der Waals surface area contributed by atoms with Gasteiger partial charge in [-0.25, -0.2) is 13.1 Å². The van der Waals surface area contributed by atoms with E-state index in [4.69, 9.17) is 70.7 Å². The largest absolute Gasteiger partial charge is 0.397 e. The summed E-state index contributed by atoms with van der Waals surface area (Å²) in [7, 11) is 0. The fourth-order valence-electron chi connectivity index (χ4n) is 5.69. The zero-order valence-corrected chi connectivity index (χ0v) is 28.6. The summed E-state index contributed by atoms with van der Waals surface area (Å²) in [5.41, 5.74) is 21.7. The molecule has 0 radical (unpaired) electrons. The van der Waals surface area contributed by atoms with Crippen LogP contribution < -0.4 is 22.9 Å².